The predicted octanol–water partition coefficient (Wildman–Crippen LogP) is 3.42. The van der Waals surface area contributed by atoms with Crippen LogP contribution in [0.15, 0.2) is 42.6 Å². The van der Waals surface area contributed by atoms with Crippen molar-refractivity contribution in [1.82, 2.24) is 9.88 Å². The number of aromatic nitrogens is 1. The molecular weight excluding hydrogens is 355 g/mol. The topological polar surface area (TPSA) is 39.7 Å². The molecule has 4 rings (SSSR count). The van der Waals surface area contributed by atoms with Crippen molar-refractivity contribution in [2.24, 2.45) is 5.92 Å². The summed E-state index contributed by atoms with van der Waals surface area (Å²) in [6.07, 6.45) is 3.84. The fourth-order valence-corrected chi connectivity index (χ4v) is 3.98. The molecule has 3 heterocycles. The molecule has 2 saturated heterocycles. The van der Waals surface area contributed by atoms with E-state index in [1.807, 2.05) is 29.2 Å². The summed E-state index contributed by atoms with van der Waals surface area (Å²) in [6.45, 7) is 6.95. The lowest BCUT2D eigenvalue weighted by atomic mass is 9.99. The second kappa shape index (κ2) is 8.17. The van der Waals surface area contributed by atoms with Crippen LogP contribution in [0.3, 0.4) is 0 Å². The predicted molar refractivity (Wildman–Crippen MR) is 109 cm³/mol. The van der Waals surface area contributed by atoms with Crippen molar-refractivity contribution in [3.8, 4) is 0 Å². The summed E-state index contributed by atoms with van der Waals surface area (Å²) in [5, 5.41) is 0. The molecule has 1 aromatic heterocycles. The van der Waals surface area contributed by atoms with E-state index in [0.717, 1.165) is 57.9 Å². The number of para-hydroxylation sites is 1. The first-order valence-corrected chi connectivity index (χ1v) is 10.1. The molecule has 0 saturated carbocycles. The molecule has 2 fully saturated rings. The van der Waals surface area contributed by atoms with Gasteiger partial charge in [-0.3, -0.25) is 4.79 Å². The maximum absolute atomic E-state index is 14.0. The zero-order chi connectivity index (χ0) is 19.5. The van der Waals surface area contributed by atoms with Crippen LogP contribution in [0.1, 0.15) is 30.1 Å². The molecular formula is C22H27FN4O. The van der Waals surface area contributed by atoms with Crippen molar-refractivity contribution in [2.75, 3.05) is 49.1 Å². The number of carbonyl (C=O) groups is 1. The van der Waals surface area contributed by atoms with Gasteiger partial charge in [0.2, 0.25) is 0 Å². The quantitative estimate of drug-likeness (QED) is 0.816. The minimum Gasteiger partial charge on any atom is -0.366 e. The third-order valence-electron chi connectivity index (χ3n) is 5.86. The van der Waals surface area contributed by atoms with Gasteiger partial charge in [0.15, 0.2) is 0 Å². The molecule has 6 heteroatoms. The number of rotatable bonds is 3. The van der Waals surface area contributed by atoms with E-state index in [1.165, 1.54) is 6.07 Å². The number of halogens is 1. The Labute approximate surface area is 165 Å². The second-order valence-electron chi connectivity index (χ2n) is 7.81. The van der Waals surface area contributed by atoms with E-state index in [-0.39, 0.29) is 11.7 Å². The normalized spacial score (nSPS) is 18.4. The number of amides is 1. The average molecular weight is 382 g/mol. The van der Waals surface area contributed by atoms with Crippen molar-refractivity contribution in [2.45, 2.75) is 19.8 Å². The number of piperazine rings is 1. The molecule has 5 nitrogen and oxygen atoms in total. The number of nitrogens with zero attached hydrogens (tertiary/aromatic N) is 4. The number of hydrogen-bond donors (Lipinski definition) is 0. The Kier molecular flexibility index (Phi) is 5.46. The van der Waals surface area contributed by atoms with Crippen LogP contribution < -0.4 is 9.80 Å². The van der Waals surface area contributed by atoms with Gasteiger partial charge in [-0.05, 0) is 43.0 Å². The van der Waals surface area contributed by atoms with Gasteiger partial charge in [0, 0.05) is 45.5 Å². The first kappa shape index (κ1) is 18.7. The lowest BCUT2D eigenvalue weighted by molar-refractivity contribution is 0.0697. The van der Waals surface area contributed by atoms with Crippen LogP contribution in [0.5, 0.6) is 0 Å². The summed E-state index contributed by atoms with van der Waals surface area (Å²) in [5.74, 6) is 1.48. The van der Waals surface area contributed by atoms with Gasteiger partial charge >= 0.3 is 0 Å². The second-order valence-corrected chi connectivity index (χ2v) is 7.81. The van der Waals surface area contributed by atoms with Gasteiger partial charge in [-0.1, -0.05) is 19.1 Å². The highest BCUT2D eigenvalue weighted by molar-refractivity contribution is 5.94. The standard InChI is InChI=1S/C22H27FN4O/c1-17-8-10-27(11-9-17)22(28)18-6-7-21(24-16-18)26-14-12-25(13-15-26)20-5-3-2-4-19(20)23/h2-7,16-17H,8-15H2,1H3. The Morgan fingerprint density at radius 2 is 1.64 bits per heavy atom. The van der Waals surface area contributed by atoms with Crippen LogP contribution >= 0.6 is 0 Å². The Morgan fingerprint density at radius 3 is 2.29 bits per heavy atom. The third kappa shape index (κ3) is 3.96. The first-order chi connectivity index (χ1) is 13.6. The number of likely N-dealkylation sites (tertiary alicyclic amines) is 1. The molecule has 2 aromatic rings. The molecule has 0 bridgehead atoms. The molecule has 0 atom stereocenters. The first-order valence-electron chi connectivity index (χ1n) is 10.1. The van der Waals surface area contributed by atoms with Gasteiger partial charge in [0.1, 0.15) is 11.6 Å². The molecule has 2 aliphatic heterocycles. The molecule has 28 heavy (non-hydrogen) atoms. The maximum atomic E-state index is 14.0. The van der Waals surface area contributed by atoms with Gasteiger partial charge in [0.05, 0.1) is 11.3 Å². The van der Waals surface area contributed by atoms with Gasteiger partial charge in [-0.2, -0.15) is 0 Å². The van der Waals surface area contributed by atoms with E-state index >= 15 is 0 Å². The Bertz CT molecular complexity index is 810. The monoisotopic (exact) mass is 382 g/mol. The summed E-state index contributed by atoms with van der Waals surface area (Å²) >= 11 is 0. The molecule has 0 N–H and O–H groups in total. The van der Waals surface area contributed by atoms with E-state index in [0.29, 0.717) is 17.2 Å². The highest BCUT2D eigenvalue weighted by atomic mass is 19.1. The van der Waals surface area contributed by atoms with Gasteiger partial charge in [-0.25, -0.2) is 9.37 Å². The summed E-state index contributed by atoms with van der Waals surface area (Å²) in [6, 6.07) is 10.7. The fraction of sp³-hybridized carbons (Fsp3) is 0.455. The Balaban J connectivity index is 1.36. The summed E-state index contributed by atoms with van der Waals surface area (Å²) in [7, 11) is 0. The van der Waals surface area contributed by atoms with Crippen LogP contribution in [-0.2, 0) is 0 Å². The fourth-order valence-electron chi connectivity index (χ4n) is 3.98. The number of hydrogen-bond acceptors (Lipinski definition) is 4. The largest absolute Gasteiger partial charge is 0.366 e. The molecule has 2 aliphatic rings. The van der Waals surface area contributed by atoms with Crippen LogP contribution in [-0.4, -0.2) is 55.1 Å². The molecule has 148 valence electrons. The Morgan fingerprint density at radius 1 is 0.964 bits per heavy atom. The van der Waals surface area contributed by atoms with Gasteiger partial charge < -0.3 is 14.7 Å². The van der Waals surface area contributed by atoms with Gasteiger partial charge in [0.25, 0.3) is 5.91 Å². The smallest absolute Gasteiger partial charge is 0.255 e. The average Bonchev–Trinajstić information content (AvgIpc) is 2.74. The minimum atomic E-state index is -0.177. The molecule has 0 aliphatic carbocycles. The van der Waals surface area contributed by atoms with Crippen molar-refractivity contribution in [3.05, 3.63) is 54.0 Å². The minimum absolute atomic E-state index is 0.0790. The molecule has 1 aromatic carbocycles. The SMILES string of the molecule is CC1CCN(C(=O)c2ccc(N3CCN(c4ccccc4F)CC3)nc2)CC1. The third-order valence-corrected chi connectivity index (χ3v) is 5.86. The van der Waals surface area contributed by atoms with Crippen molar-refractivity contribution >= 4 is 17.4 Å². The number of piperidine rings is 1. The lowest BCUT2D eigenvalue weighted by Crippen LogP contribution is -2.47. The van der Waals surface area contributed by atoms with Crippen LogP contribution in [0.4, 0.5) is 15.9 Å². The Hall–Kier alpha value is -2.63. The summed E-state index contributed by atoms with van der Waals surface area (Å²) in [4.78, 5) is 23.4. The summed E-state index contributed by atoms with van der Waals surface area (Å²) < 4.78 is 14.0. The van der Waals surface area contributed by atoms with E-state index in [1.54, 1.807) is 12.3 Å². The van der Waals surface area contributed by atoms with Gasteiger partial charge in [-0.15, -0.1) is 0 Å². The number of carbonyl (C=O) groups excluding carboxylic acids is 1. The maximum Gasteiger partial charge on any atom is 0.255 e. The molecule has 0 spiro atoms. The molecule has 1 amide bonds. The van der Waals surface area contributed by atoms with E-state index in [4.69, 9.17) is 0 Å². The van der Waals surface area contributed by atoms with E-state index in [9.17, 15) is 9.18 Å². The summed E-state index contributed by atoms with van der Waals surface area (Å²) in [5.41, 5.74) is 1.31. The van der Waals surface area contributed by atoms with Crippen LogP contribution in [0.2, 0.25) is 0 Å². The highest BCUT2D eigenvalue weighted by Crippen LogP contribution is 2.23. The highest BCUT2D eigenvalue weighted by Gasteiger charge is 2.23. The zero-order valence-corrected chi connectivity index (χ0v) is 16.4. The number of pyridine rings is 1. The number of anilines is 2. The molecule has 0 unspecified atom stereocenters. The number of benzene rings is 1. The lowest BCUT2D eigenvalue weighted by Gasteiger charge is -2.36. The molecule has 0 radical (unpaired) electrons. The van der Waals surface area contributed by atoms with Crippen molar-refractivity contribution in [1.29, 1.82) is 0 Å². The van der Waals surface area contributed by atoms with Crippen molar-refractivity contribution < 1.29 is 9.18 Å². The van der Waals surface area contributed by atoms with Crippen LogP contribution in [0.25, 0.3) is 0 Å². The van der Waals surface area contributed by atoms with E-state index < -0.39 is 0 Å². The zero-order valence-electron chi connectivity index (χ0n) is 16.4. The van der Waals surface area contributed by atoms with E-state index in [2.05, 4.69) is 21.7 Å². The van der Waals surface area contributed by atoms with Crippen molar-refractivity contribution in [3.63, 3.8) is 0 Å². The van der Waals surface area contributed by atoms with Crippen LogP contribution in [0, 0.1) is 11.7 Å².